The summed E-state index contributed by atoms with van der Waals surface area (Å²) >= 11 is 6.10. The third-order valence-corrected chi connectivity index (χ3v) is 8.58. The number of hydrogen-bond donors (Lipinski definition) is 1. The molecule has 0 spiro atoms. The number of carbonyl (C=O) groups is 1. The fourth-order valence-electron chi connectivity index (χ4n) is 3.46. The number of sulfone groups is 1. The molecule has 1 unspecified atom stereocenters. The largest absolute Gasteiger partial charge is 0.481 e. The van der Waals surface area contributed by atoms with Crippen LogP contribution in [0.3, 0.4) is 0 Å². The Bertz CT molecular complexity index is 1270. The Morgan fingerprint density at radius 2 is 1.76 bits per heavy atom. The standard InChI is InChI=1S/C25H27ClO6S/c1-23(2,3)32-22(27)15-31-20-12-10-18(26)14-17(20)9-7-16-8-11-19-21(13-16)33(29,30)24(4,5)25(19,6)28/h8,10-14,28H,15H2,1-6H3. The van der Waals surface area contributed by atoms with Gasteiger partial charge >= 0.3 is 5.97 Å². The highest BCUT2D eigenvalue weighted by Gasteiger charge is 2.58. The molecule has 8 heteroatoms. The average molecular weight is 491 g/mol. The topological polar surface area (TPSA) is 89.9 Å². The number of rotatable bonds is 3. The van der Waals surface area contributed by atoms with Crippen molar-refractivity contribution in [1.29, 1.82) is 0 Å². The van der Waals surface area contributed by atoms with Gasteiger partial charge in [0.15, 0.2) is 16.4 Å². The number of fused-ring (bicyclic) bond motifs is 1. The van der Waals surface area contributed by atoms with Crippen LogP contribution in [0.25, 0.3) is 0 Å². The molecule has 33 heavy (non-hydrogen) atoms. The molecule has 0 radical (unpaired) electrons. The molecule has 3 rings (SSSR count). The maximum Gasteiger partial charge on any atom is 0.344 e. The van der Waals surface area contributed by atoms with Crippen LogP contribution in [-0.2, 0) is 25.0 Å². The summed E-state index contributed by atoms with van der Waals surface area (Å²) in [5, 5.41) is 11.3. The van der Waals surface area contributed by atoms with Gasteiger partial charge in [-0.2, -0.15) is 0 Å². The van der Waals surface area contributed by atoms with Crippen molar-refractivity contribution in [2.75, 3.05) is 6.61 Å². The fourth-order valence-corrected chi connectivity index (χ4v) is 5.65. The van der Waals surface area contributed by atoms with Crippen LogP contribution in [-0.4, -0.2) is 36.4 Å². The summed E-state index contributed by atoms with van der Waals surface area (Å²) in [6.07, 6.45) is 0. The fraction of sp³-hybridized carbons (Fsp3) is 0.400. The Labute approximate surface area is 199 Å². The molecule has 0 aliphatic carbocycles. The Balaban J connectivity index is 1.92. The van der Waals surface area contributed by atoms with Gasteiger partial charge in [0.2, 0.25) is 0 Å². The number of halogens is 1. The predicted molar refractivity (Wildman–Crippen MR) is 126 cm³/mol. The van der Waals surface area contributed by atoms with Gasteiger partial charge in [-0.05, 0) is 71.9 Å². The molecule has 1 aliphatic rings. The SMILES string of the molecule is CC(C)(C)OC(=O)COc1ccc(Cl)cc1C#Cc1ccc2c(c1)S(=O)(=O)C(C)(C)C2(C)O. The van der Waals surface area contributed by atoms with Crippen LogP contribution < -0.4 is 4.74 Å². The molecule has 0 amide bonds. The predicted octanol–water partition coefficient (Wildman–Crippen LogP) is 4.23. The normalized spacial score (nSPS) is 20.4. The summed E-state index contributed by atoms with van der Waals surface area (Å²) in [6.45, 7) is 9.52. The van der Waals surface area contributed by atoms with Crippen molar-refractivity contribution in [2.45, 2.75) is 62.4 Å². The van der Waals surface area contributed by atoms with E-state index in [0.29, 0.717) is 27.5 Å². The number of aliphatic hydroxyl groups is 1. The van der Waals surface area contributed by atoms with Gasteiger partial charge in [-0.15, -0.1) is 0 Å². The summed E-state index contributed by atoms with van der Waals surface area (Å²) in [7, 11) is -3.76. The van der Waals surface area contributed by atoms with Crippen molar-refractivity contribution >= 4 is 27.4 Å². The van der Waals surface area contributed by atoms with E-state index in [4.69, 9.17) is 21.1 Å². The van der Waals surface area contributed by atoms with Crippen molar-refractivity contribution in [3.63, 3.8) is 0 Å². The Hall–Kier alpha value is -2.53. The number of ether oxygens (including phenoxy) is 2. The van der Waals surface area contributed by atoms with Crippen LogP contribution in [0.15, 0.2) is 41.3 Å². The lowest BCUT2D eigenvalue weighted by Crippen LogP contribution is -2.44. The van der Waals surface area contributed by atoms with E-state index in [9.17, 15) is 18.3 Å². The summed E-state index contributed by atoms with van der Waals surface area (Å²) in [5.41, 5.74) is -0.924. The molecule has 6 nitrogen and oxygen atoms in total. The third kappa shape index (κ3) is 4.74. The summed E-state index contributed by atoms with van der Waals surface area (Å²) in [5.74, 6) is 5.68. The first-order valence-electron chi connectivity index (χ1n) is 10.3. The van der Waals surface area contributed by atoms with Gasteiger partial charge in [0.25, 0.3) is 0 Å². The number of benzene rings is 2. The van der Waals surface area contributed by atoms with Gasteiger partial charge in [-0.3, -0.25) is 0 Å². The molecule has 2 aromatic carbocycles. The van der Waals surface area contributed by atoms with Crippen molar-refractivity contribution in [3.8, 4) is 17.6 Å². The smallest absolute Gasteiger partial charge is 0.344 e. The van der Waals surface area contributed by atoms with Crippen molar-refractivity contribution in [3.05, 3.63) is 58.1 Å². The quantitative estimate of drug-likeness (QED) is 0.511. The van der Waals surface area contributed by atoms with Gasteiger partial charge in [-0.1, -0.05) is 29.5 Å². The van der Waals surface area contributed by atoms with Crippen molar-refractivity contribution in [1.82, 2.24) is 0 Å². The van der Waals surface area contributed by atoms with E-state index in [0.717, 1.165) is 0 Å². The summed E-state index contributed by atoms with van der Waals surface area (Å²) in [4.78, 5) is 12.0. The Kier molecular flexibility index (Phi) is 6.35. The Morgan fingerprint density at radius 1 is 1.09 bits per heavy atom. The van der Waals surface area contributed by atoms with Crippen LogP contribution in [0.1, 0.15) is 58.2 Å². The van der Waals surface area contributed by atoms with Gasteiger partial charge < -0.3 is 14.6 Å². The second kappa shape index (κ2) is 8.35. The lowest BCUT2D eigenvalue weighted by Gasteiger charge is -2.31. The zero-order chi connectivity index (χ0) is 24.8. The first kappa shape index (κ1) is 25.1. The minimum atomic E-state index is -3.76. The van der Waals surface area contributed by atoms with Gasteiger partial charge in [0.1, 0.15) is 21.7 Å². The van der Waals surface area contributed by atoms with E-state index in [-0.39, 0.29) is 11.5 Å². The molecule has 0 bridgehead atoms. The molecular formula is C25H27ClO6S. The zero-order valence-corrected chi connectivity index (χ0v) is 21.0. The maximum atomic E-state index is 13.0. The molecule has 0 saturated heterocycles. The molecular weight excluding hydrogens is 464 g/mol. The van der Waals surface area contributed by atoms with Crippen LogP contribution in [0.4, 0.5) is 0 Å². The summed E-state index contributed by atoms with van der Waals surface area (Å²) in [6, 6.07) is 9.52. The number of esters is 1. The minimum Gasteiger partial charge on any atom is -0.481 e. The average Bonchev–Trinajstić information content (AvgIpc) is 2.79. The first-order chi connectivity index (χ1) is 15.1. The third-order valence-electron chi connectivity index (χ3n) is 5.69. The molecule has 2 aromatic rings. The second-order valence-corrected chi connectivity index (χ2v) is 12.5. The monoisotopic (exact) mass is 490 g/mol. The highest BCUT2D eigenvalue weighted by atomic mass is 35.5. The molecule has 176 valence electrons. The van der Waals surface area contributed by atoms with Gasteiger partial charge in [0, 0.05) is 16.1 Å². The van der Waals surface area contributed by atoms with Crippen molar-refractivity contribution < 1.29 is 27.8 Å². The molecule has 0 fully saturated rings. The highest BCUT2D eigenvalue weighted by molar-refractivity contribution is 7.93. The van der Waals surface area contributed by atoms with Crippen LogP contribution in [0.5, 0.6) is 5.75 Å². The lowest BCUT2D eigenvalue weighted by molar-refractivity contribution is -0.157. The first-order valence-corrected chi connectivity index (χ1v) is 12.2. The highest BCUT2D eigenvalue weighted by Crippen LogP contribution is 2.50. The van der Waals surface area contributed by atoms with Crippen LogP contribution in [0.2, 0.25) is 5.02 Å². The van der Waals surface area contributed by atoms with E-state index in [2.05, 4.69) is 11.8 Å². The van der Waals surface area contributed by atoms with E-state index < -0.39 is 31.8 Å². The van der Waals surface area contributed by atoms with E-state index in [1.165, 1.54) is 26.8 Å². The minimum absolute atomic E-state index is 0.0665. The molecule has 1 N–H and O–H groups in total. The van der Waals surface area contributed by atoms with Crippen LogP contribution in [0, 0.1) is 11.8 Å². The molecule has 1 atom stereocenters. The molecule has 1 aliphatic heterocycles. The zero-order valence-electron chi connectivity index (χ0n) is 19.4. The van der Waals surface area contributed by atoms with Gasteiger partial charge in [0.05, 0.1) is 10.5 Å². The van der Waals surface area contributed by atoms with Crippen molar-refractivity contribution in [2.24, 2.45) is 0 Å². The van der Waals surface area contributed by atoms with Gasteiger partial charge in [-0.25, -0.2) is 13.2 Å². The molecule has 0 saturated carbocycles. The van der Waals surface area contributed by atoms with Crippen LogP contribution >= 0.6 is 11.6 Å². The number of hydrogen-bond acceptors (Lipinski definition) is 6. The maximum absolute atomic E-state index is 13.0. The second-order valence-electron chi connectivity index (χ2n) is 9.56. The lowest BCUT2D eigenvalue weighted by atomic mass is 9.85. The summed E-state index contributed by atoms with van der Waals surface area (Å²) < 4.78 is 35.5. The number of carbonyl (C=O) groups excluding carboxylic acids is 1. The van der Waals surface area contributed by atoms with E-state index in [1.807, 2.05) is 0 Å². The van der Waals surface area contributed by atoms with E-state index >= 15 is 0 Å². The Morgan fingerprint density at radius 3 is 2.39 bits per heavy atom. The molecule has 0 aromatic heterocycles. The van der Waals surface area contributed by atoms with E-state index in [1.54, 1.807) is 51.1 Å². The molecule has 1 heterocycles.